The predicted octanol–water partition coefficient (Wildman–Crippen LogP) is 17.2. The number of hydrogen-bond donors (Lipinski definition) is 0. The summed E-state index contributed by atoms with van der Waals surface area (Å²) in [6.45, 7) is 18.1. The van der Waals surface area contributed by atoms with Gasteiger partial charge < -0.3 is 9.80 Å². The van der Waals surface area contributed by atoms with Crippen molar-refractivity contribution in [2.45, 2.75) is 93.9 Å². The molecule has 0 saturated carbocycles. The van der Waals surface area contributed by atoms with E-state index >= 15 is 0 Å². The molecule has 60 heavy (non-hydrogen) atoms. The summed E-state index contributed by atoms with van der Waals surface area (Å²) in [7, 11) is 0. The number of anilines is 6. The summed E-state index contributed by atoms with van der Waals surface area (Å²) in [5, 5.41) is 10.3. The summed E-state index contributed by atoms with van der Waals surface area (Å²) < 4.78 is 0. The molecule has 9 rings (SSSR count). The Labute approximate surface area is 357 Å². The second-order valence-corrected chi connectivity index (χ2v) is 17.4. The Morgan fingerprint density at radius 3 is 1.05 bits per heavy atom. The standard InChI is InChI=1S/C58H58N2/c1-9-11-15-43-33-39(5)57(40(6)34-43)59(45-25-21-37(3)22-26-45)53-31-29-49-48-18-14-20-52-54(32-30-50(56(48)52)47-17-13-19-51(53)55(47)49)60(46-27-23-38(4)24-28-46)58-41(7)35-44(16-12-10-2)36-42(58)8/h13-14,17-36H,9-12,15-16H2,1-8H3. The van der Waals surface area contributed by atoms with Gasteiger partial charge in [-0.2, -0.15) is 0 Å². The first-order valence-corrected chi connectivity index (χ1v) is 22.2. The first-order valence-electron chi connectivity index (χ1n) is 22.2. The van der Waals surface area contributed by atoms with Crippen LogP contribution in [0.2, 0.25) is 0 Å². The van der Waals surface area contributed by atoms with Crippen LogP contribution < -0.4 is 9.80 Å². The van der Waals surface area contributed by atoms with E-state index in [-0.39, 0.29) is 0 Å². The minimum absolute atomic E-state index is 1.12. The normalized spacial score (nSPS) is 11.7. The van der Waals surface area contributed by atoms with Crippen molar-refractivity contribution in [1.29, 1.82) is 0 Å². The van der Waals surface area contributed by atoms with Gasteiger partial charge in [0.15, 0.2) is 0 Å². The third kappa shape index (κ3) is 6.86. The molecule has 0 saturated heterocycles. The van der Waals surface area contributed by atoms with Gasteiger partial charge in [0.25, 0.3) is 0 Å². The lowest BCUT2D eigenvalue weighted by Crippen LogP contribution is -2.14. The number of hydrogen-bond acceptors (Lipinski definition) is 2. The van der Waals surface area contributed by atoms with Crippen LogP contribution in [0.5, 0.6) is 0 Å². The number of aryl methyl sites for hydroxylation is 8. The molecule has 2 nitrogen and oxygen atoms in total. The molecule has 0 unspecified atom stereocenters. The van der Waals surface area contributed by atoms with E-state index in [4.69, 9.17) is 0 Å². The van der Waals surface area contributed by atoms with E-state index in [2.05, 4.69) is 199 Å². The molecule has 0 aromatic heterocycles. The lowest BCUT2D eigenvalue weighted by atomic mass is 9.88. The van der Waals surface area contributed by atoms with Crippen LogP contribution in [0, 0.1) is 41.5 Å². The average Bonchev–Trinajstić information content (AvgIpc) is 3.24. The second-order valence-electron chi connectivity index (χ2n) is 17.4. The van der Waals surface area contributed by atoms with Gasteiger partial charge >= 0.3 is 0 Å². The number of rotatable bonds is 12. The van der Waals surface area contributed by atoms with Gasteiger partial charge in [0.05, 0.1) is 22.7 Å². The number of fused-ring (bicyclic) bond motifs is 2. The van der Waals surface area contributed by atoms with E-state index in [0.29, 0.717) is 0 Å². The molecular weight excluding hydrogens is 725 g/mol. The molecule has 0 aliphatic rings. The SMILES string of the molecule is CCCCc1cc(C)c(N(c2ccc(C)cc2)c2ccc3c4cccc5c(N(c6ccc(C)cc6)c6c(C)cc(CCCC)cc6C)ccc(c6cccc2c63)c54)c(C)c1. The van der Waals surface area contributed by atoms with Crippen LogP contribution in [0.4, 0.5) is 34.1 Å². The van der Waals surface area contributed by atoms with Crippen molar-refractivity contribution in [1.82, 2.24) is 0 Å². The van der Waals surface area contributed by atoms with Crippen LogP contribution >= 0.6 is 0 Å². The molecule has 0 fully saturated rings. The molecule has 0 N–H and O–H groups in total. The summed E-state index contributed by atoms with van der Waals surface area (Å²) in [5.74, 6) is 0. The van der Waals surface area contributed by atoms with Crippen molar-refractivity contribution in [3.8, 4) is 0 Å². The maximum atomic E-state index is 2.52. The Balaban J connectivity index is 1.29. The van der Waals surface area contributed by atoms with E-state index in [1.54, 1.807) is 0 Å². The minimum atomic E-state index is 1.12. The maximum Gasteiger partial charge on any atom is 0.0540 e. The van der Waals surface area contributed by atoms with Crippen LogP contribution in [-0.2, 0) is 12.8 Å². The van der Waals surface area contributed by atoms with Gasteiger partial charge in [-0.25, -0.2) is 0 Å². The lowest BCUT2D eigenvalue weighted by molar-refractivity contribution is 0.794. The Morgan fingerprint density at radius 1 is 0.367 bits per heavy atom. The highest BCUT2D eigenvalue weighted by molar-refractivity contribution is 6.35. The zero-order valence-corrected chi connectivity index (χ0v) is 36.8. The summed E-state index contributed by atoms with van der Waals surface area (Å²) in [6.07, 6.45) is 7.05. The van der Waals surface area contributed by atoms with Crippen molar-refractivity contribution < 1.29 is 0 Å². The van der Waals surface area contributed by atoms with Crippen molar-refractivity contribution in [2.75, 3.05) is 9.80 Å². The lowest BCUT2D eigenvalue weighted by Gasteiger charge is -2.32. The molecule has 0 amide bonds. The fourth-order valence-electron chi connectivity index (χ4n) is 10.1. The topological polar surface area (TPSA) is 6.48 Å². The Hall–Kier alpha value is -6.12. The molecule has 0 aliphatic heterocycles. The molecule has 2 heteroatoms. The van der Waals surface area contributed by atoms with Gasteiger partial charge in [-0.15, -0.1) is 0 Å². The highest BCUT2D eigenvalue weighted by Crippen LogP contribution is 2.50. The molecule has 0 bridgehead atoms. The van der Waals surface area contributed by atoms with Crippen molar-refractivity contribution in [3.05, 3.63) is 178 Å². The van der Waals surface area contributed by atoms with Crippen LogP contribution in [-0.4, -0.2) is 0 Å². The molecular formula is C58H58N2. The van der Waals surface area contributed by atoms with E-state index in [1.165, 1.54) is 147 Å². The van der Waals surface area contributed by atoms with E-state index in [1.807, 2.05) is 0 Å². The van der Waals surface area contributed by atoms with Gasteiger partial charge in [-0.1, -0.05) is 135 Å². The highest BCUT2D eigenvalue weighted by atomic mass is 15.2. The largest absolute Gasteiger partial charge is 0.309 e. The number of unbranched alkanes of at least 4 members (excludes halogenated alkanes) is 2. The average molecular weight is 783 g/mol. The fraction of sp³-hybridized carbons (Fsp3) is 0.241. The molecule has 0 atom stereocenters. The molecule has 9 aromatic carbocycles. The van der Waals surface area contributed by atoms with E-state index in [9.17, 15) is 0 Å². The summed E-state index contributed by atoms with van der Waals surface area (Å²) in [5.41, 5.74) is 17.9. The zero-order valence-electron chi connectivity index (χ0n) is 36.8. The fourth-order valence-corrected chi connectivity index (χ4v) is 10.1. The maximum absolute atomic E-state index is 2.52. The first kappa shape index (κ1) is 39.3. The first-order chi connectivity index (χ1) is 29.2. The van der Waals surface area contributed by atoms with Crippen molar-refractivity contribution in [3.63, 3.8) is 0 Å². The third-order valence-corrected chi connectivity index (χ3v) is 12.9. The number of benzene rings is 9. The second kappa shape index (κ2) is 16.1. The highest BCUT2D eigenvalue weighted by Gasteiger charge is 2.25. The van der Waals surface area contributed by atoms with Crippen LogP contribution in [0.15, 0.2) is 133 Å². The van der Waals surface area contributed by atoms with Crippen molar-refractivity contribution >= 4 is 77.2 Å². The monoisotopic (exact) mass is 782 g/mol. The van der Waals surface area contributed by atoms with E-state index < -0.39 is 0 Å². The van der Waals surface area contributed by atoms with Gasteiger partial charge in [0.2, 0.25) is 0 Å². The van der Waals surface area contributed by atoms with Crippen LogP contribution in [0.3, 0.4) is 0 Å². The number of nitrogens with zero attached hydrogens (tertiary/aromatic N) is 2. The van der Waals surface area contributed by atoms with Gasteiger partial charge in [0.1, 0.15) is 0 Å². The molecule has 0 heterocycles. The van der Waals surface area contributed by atoms with Gasteiger partial charge in [0, 0.05) is 22.1 Å². The minimum Gasteiger partial charge on any atom is -0.309 e. The Kier molecular flexibility index (Phi) is 10.6. The van der Waals surface area contributed by atoms with Gasteiger partial charge in [-0.05, 0) is 169 Å². The summed E-state index contributed by atoms with van der Waals surface area (Å²) in [6, 6.07) is 51.2. The Morgan fingerprint density at radius 2 is 0.700 bits per heavy atom. The zero-order chi connectivity index (χ0) is 41.7. The predicted molar refractivity (Wildman–Crippen MR) is 263 cm³/mol. The summed E-state index contributed by atoms with van der Waals surface area (Å²) >= 11 is 0. The summed E-state index contributed by atoms with van der Waals surface area (Å²) in [4.78, 5) is 5.04. The molecule has 0 radical (unpaired) electrons. The third-order valence-electron chi connectivity index (χ3n) is 12.9. The molecule has 0 aliphatic carbocycles. The van der Waals surface area contributed by atoms with E-state index in [0.717, 1.165) is 12.8 Å². The smallest absolute Gasteiger partial charge is 0.0540 e. The molecule has 9 aromatic rings. The van der Waals surface area contributed by atoms with Crippen molar-refractivity contribution in [2.24, 2.45) is 0 Å². The molecule has 300 valence electrons. The van der Waals surface area contributed by atoms with Crippen LogP contribution in [0.25, 0.3) is 43.1 Å². The molecule has 0 spiro atoms. The van der Waals surface area contributed by atoms with Crippen LogP contribution in [0.1, 0.15) is 84.0 Å². The quantitative estimate of drug-likeness (QED) is 0.0900. The Bertz CT molecular complexity index is 2730. The van der Waals surface area contributed by atoms with Gasteiger partial charge in [-0.3, -0.25) is 0 Å².